The van der Waals surface area contributed by atoms with Crippen LogP contribution in [0.4, 0.5) is 5.69 Å². The van der Waals surface area contributed by atoms with Crippen molar-refractivity contribution in [2.24, 2.45) is 12.8 Å². The third-order valence-corrected chi connectivity index (χ3v) is 3.86. The number of fused-ring (bicyclic) bond motifs is 1. The molecule has 0 radical (unpaired) electrons. The van der Waals surface area contributed by atoms with Crippen LogP contribution in [0.3, 0.4) is 0 Å². The molecule has 104 valence electrons. The Kier molecular flexibility index (Phi) is 3.06. The zero-order valence-electron chi connectivity index (χ0n) is 11.8. The van der Waals surface area contributed by atoms with Gasteiger partial charge in [0.15, 0.2) is 0 Å². The predicted octanol–water partition coefficient (Wildman–Crippen LogP) is 1.45. The van der Waals surface area contributed by atoms with E-state index in [0.29, 0.717) is 13.0 Å². The number of hydrogen-bond acceptors (Lipinski definition) is 3. The average molecular weight is 270 g/mol. The summed E-state index contributed by atoms with van der Waals surface area (Å²) in [5, 5.41) is 4.37. The lowest BCUT2D eigenvalue weighted by Crippen LogP contribution is -2.31. The van der Waals surface area contributed by atoms with Crippen molar-refractivity contribution in [2.75, 3.05) is 11.9 Å². The number of hydrogen-bond donors (Lipinski definition) is 1. The van der Waals surface area contributed by atoms with Crippen molar-refractivity contribution in [3.63, 3.8) is 0 Å². The molecule has 1 amide bonds. The number of anilines is 1. The van der Waals surface area contributed by atoms with Crippen LogP contribution >= 0.6 is 0 Å². The molecule has 1 aliphatic heterocycles. The molecule has 0 bridgehead atoms. The first-order valence-electron chi connectivity index (χ1n) is 6.73. The van der Waals surface area contributed by atoms with Crippen molar-refractivity contribution >= 4 is 11.6 Å². The summed E-state index contributed by atoms with van der Waals surface area (Å²) in [5.41, 5.74) is 10.9. The fourth-order valence-electron chi connectivity index (χ4n) is 2.71. The van der Waals surface area contributed by atoms with Crippen LogP contribution in [-0.4, -0.2) is 22.7 Å². The number of rotatable bonds is 2. The Morgan fingerprint density at radius 3 is 2.75 bits per heavy atom. The van der Waals surface area contributed by atoms with Gasteiger partial charge in [-0.1, -0.05) is 6.07 Å². The Morgan fingerprint density at radius 2 is 2.05 bits per heavy atom. The molecule has 1 aromatic carbocycles. The van der Waals surface area contributed by atoms with Crippen molar-refractivity contribution < 1.29 is 4.79 Å². The molecule has 1 aromatic heterocycles. The van der Waals surface area contributed by atoms with Crippen LogP contribution in [0.15, 0.2) is 24.3 Å². The number of carbonyl (C=O) groups is 1. The van der Waals surface area contributed by atoms with Gasteiger partial charge in [-0.05, 0) is 30.2 Å². The second-order valence-electron chi connectivity index (χ2n) is 5.14. The van der Waals surface area contributed by atoms with E-state index >= 15 is 0 Å². The molecule has 0 fully saturated rings. The third kappa shape index (κ3) is 2.00. The van der Waals surface area contributed by atoms with Crippen molar-refractivity contribution in [2.45, 2.75) is 19.4 Å². The van der Waals surface area contributed by atoms with Crippen molar-refractivity contribution in [1.82, 2.24) is 9.78 Å². The molecule has 0 saturated carbocycles. The minimum Gasteiger partial charge on any atom is -0.325 e. The van der Waals surface area contributed by atoms with Gasteiger partial charge in [-0.25, -0.2) is 0 Å². The maximum atomic E-state index is 11.7. The molecule has 0 unspecified atom stereocenters. The number of aromatic nitrogens is 2. The molecule has 2 heterocycles. The van der Waals surface area contributed by atoms with E-state index in [1.54, 1.807) is 4.90 Å². The average Bonchev–Trinajstić information content (AvgIpc) is 2.84. The number of aryl methyl sites for hydroxylation is 2. The number of benzene rings is 1. The molecule has 20 heavy (non-hydrogen) atoms. The van der Waals surface area contributed by atoms with Crippen LogP contribution in [-0.2, 0) is 24.8 Å². The minimum atomic E-state index is 0.177. The van der Waals surface area contributed by atoms with Gasteiger partial charge in [0.2, 0.25) is 5.91 Å². The molecule has 5 heteroatoms. The highest BCUT2D eigenvalue weighted by atomic mass is 16.2. The lowest BCUT2D eigenvalue weighted by atomic mass is 9.98. The van der Waals surface area contributed by atoms with Crippen molar-refractivity contribution in [3.8, 4) is 11.3 Å². The standard InChI is InChI=1S/C15H18N4O/c1-18-13-5-3-11(7-10(13)4-6-15(18)20)14-8-12(9-16)17-19(14)2/h3,5,7-8H,4,6,9,16H2,1-2H3. The molecular formula is C15H18N4O. The van der Waals surface area contributed by atoms with E-state index in [1.165, 1.54) is 5.56 Å². The van der Waals surface area contributed by atoms with Gasteiger partial charge in [-0.15, -0.1) is 0 Å². The second-order valence-corrected chi connectivity index (χ2v) is 5.14. The van der Waals surface area contributed by atoms with Crippen molar-refractivity contribution in [1.29, 1.82) is 0 Å². The molecule has 2 aromatic rings. The topological polar surface area (TPSA) is 64.2 Å². The number of nitrogens with two attached hydrogens (primary N) is 1. The first-order valence-corrected chi connectivity index (χ1v) is 6.73. The Morgan fingerprint density at radius 1 is 1.25 bits per heavy atom. The predicted molar refractivity (Wildman–Crippen MR) is 78.3 cm³/mol. The van der Waals surface area contributed by atoms with E-state index < -0.39 is 0 Å². The highest BCUT2D eigenvalue weighted by Gasteiger charge is 2.21. The fraction of sp³-hybridized carbons (Fsp3) is 0.333. The first-order chi connectivity index (χ1) is 9.60. The van der Waals surface area contributed by atoms with Gasteiger partial charge < -0.3 is 10.6 Å². The molecule has 0 saturated heterocycles. The normalized spacial score (nSPS) is 14.6. The summed E-state index contributed by atoms with van der Waals surface area (Å²) in [6.45, 7) is 0.440. The summed E-state index contributed by atoms with van der Waals surface area (Å²) in [6.07, 6.45) is 1.38. The summed E-state index contributed by atoms with van der Waals surface area (Å²) in [6, 6.07) is 8.21. The molecule has 1 aliphatic rings. The van der Waals surface area contributed by atoms with E-state index in [-0.39, 0.29) is 5.91 Å². The zero-order chi connectivity index (χ0) is 14.3. The maximum absolute atomic E-state index is 11.7. The van der Waals surface area contributed by atoms with Crippen LogP contribution in [0.2, 0.25) is 0 Å². The number of nitrogens with zero attached hydrogens (tertiary/aromatic N) is 3. The van der Waals surface area contributed by atoms with Gasteiger partial charge >= 0.3 is 0 Å². The molecule has 0 atom stereocenters. The maximum Gasteiger partial charge on any atom is 0.227 e. The van der Waals surface area contributed by atoms with Gasteiger partial charge in [0, 0.05) is 38.3 Å². The molecular weight excluding hydrogens is 252 g/mol. The SMILES string of the molecule is CN1C(=O)CCc2cc(-c3cc(CN)nn3C)ccc21. The Hall–Kier alpha value is -2.14. The summed E-state index contributed by atoms with van der Waals surface area (Å²) >= 11 is 0. The molecule has 0 aliphatic carbocycles. The van der Waals surface area contributed by atoms with Crippen molar-refractivity contribution in [3.05, 3.63) is 35.5 Å². The van der Waals surface area contributed by atoms with E-state index in [2.05, 4.69) is 11.2 Å². The second kappa shape index (κ2) is 4.76. The van der Waals surface area contributed by atoms with Gasteiger partial charge in [-0.2, -0.15) is 5.10 Å². The van der Waals surface area contributed by atoms with E-state index in [4.69, 9.17) is 5.73 Å². The first kappa shape index (κ1) is 12.9. The van der Waals surface area contributed by atoms with Crippen LogP contribution in [0.5, 0.6) is 0 Å². The fourth-order valence-corrected chi connectivity index (χ4v) is 2.71. The van der Waals surface area contributed by atoms with E-state index in [1.807, 2.05) is 37.0 Å². The molecule has 0 spiro atoms. The molecule has 2 N–H and O–H groups in total. The Bertz CT molecular complexity index is 675. The lowest BCUT2D eigenvalue weighted by Gasteiger charge is -2.26. The Labute approximate surface area is 118 Å². The van der Waals surface area contributed by atoms with Crippen LogP contribution in [0, 0.1) is 0 Å². The monoisotopic (exact) mass is 270 g/mol. The molecule has 5 nitrogen and oxygen atoms in total. The number of amides is 1. The van der Waals surface area contributed by atoms with E-state index in [9.17, 15) is 4.79 Å². The lowest BCUT2D eigenvalue weighted by molar-refractivity contribution is -0.118. The largest absolute Gasteiger partial charge is 0.325 e. The zero-order valence-corrected chi connectivity index (χ0v) is 11.8. The summed E-state index contributed by atoms with van der Waals surface area (Å²) in [7, 11) is 3.75. The summed E-state index contributed by atoms with van der Waals surface area (Å²) < 4.78 is 1.85. The highest BCUT2D eigenvalue weighted by Crippen LogP contribution is 2.31. The summed E-state index contributed by atoms with van der Waals surface area (Å²) in [5.74, 6) is 0.177. The summed E-state index contributed by atoms with van der Waals surface area (Å²) in [4.78, 5) is 13.4. The van der Waals surface area contributed by atoms with Crippen LogP contribution in [0.25, 0.3) is 11.3 Å². The Balaban J connectivity index is 2.04. The van der Waals surface area contributed by atoms with E-state index in [0.717, 1.165) is 29.1 Å². The molecule has 3 rings (SSSR count). The smallest absolute Gasteiger partial charge is 0.227 e. The van der Waals surface area contributed by atoms with Crippen LogP contribution < -0.4 is 10.6 Å². The third-order valence-electron chi connectivity index (χ3n) is 3.86. The van der Waals surface area contributed by atoms with Gasteiger partial charge in [0.1, 0.15) is 0 Å². The minimum absolute atomic E-state index is 0.177. The van der Waals surface area contributed by atoms with Gasteiger partial charge in [0.25, 0.3) is 0 Å². The van der Waals surface area contributed by atoms with Gasteiger partial charge in [0.05, 0.1) is 11.4 Å². The van der Waals surface area contributed by atoms with Crippen LogP contribution in [0.1, 0.15) is 17.7 Å². The quantitative estimate of drug-likeness (QED) is 0.898. The van der Waals surface area contributed by atoms with Gasteiger partial charge in [-0.3, -0.25) is 9.48 Å². The highest BCUT2D eigenvalue weighted by molar-refractivity contribution is 5.96. The number of carbonyl (C=O) groups excluding carboxylic acids is 1.